The molecule has 2 aliphatic heterocycles. The van der Waals surface area contributed by atoms with Crippen LogP contribution in [0.15, 0.2) is 53.4 Å². The number of likely N-dealkylation sites (tertiary alicyclic amines) is 1. The van der Waals surface area contributed by atoms with E-state index in [1.807, 2.05) is 11.0 Å². The van der Waals surface area contributed by atoms with E-state index in [9.17, 15) is 13.2 Å². The Balaban J connectivity index is 1.34. The number of benzene rings is 2. The van der Waals surface area contributed by atoms with Gasteiger partial charge < -0.3 is 14.4 Å². The van der Waals surface area contributed by atoms with Crippen LogP contribution in [0.3, 0.4) is 0 Å². The van der Waals surface area contributed by atoms with Crippen molar-refractivity contribution in [3.8, 4) is 5.75 Å². The Morgan fingerprint density at radius 3 is 2.41 bits per heavy atom. The summed E-state index contributed by atoms with van der Waals surface area (Å²) in [5, 5.41) is 0. The first-order valence-corrected chi connectivity index (χ1v) is 13.5. The summed E-state index contributed by atoms with van der Waals surface area (Å²) >= 11 is 0. The molecule has 0 bridgehead atoms. The number of piperidine rings is 1. The zero-order valence-corrected chi connectivity index (χ0v) is 20.6. The van der Waals surface area contributed by atoms with Gasteiger partial charge in [0, 0.05) is 32.6 Å². The first-order chi connectivity index (χ1) is 16.5. The highest BCUT2D eigenvalue weighted by atomic mass is 32.2. The maximum absolute atomic E-state index is 13.0. The Labute approximate surface area is 202 Å². The number of hydrogen-bond donors (Lipinski definition) is 0. The molecule has 0 saturated carbocycles. The van der Waals surface area contributed by atoms with Gasteiger partial charge in [-0.1, -0.05) is 30.3 Å². The number of hydrogen-bond acceptors (Lipinski definition) is 5. The number of morpholine rings is 1. The molecule has 2 saturated heterocycles. The molecule has 8 heteroatoms. The second-order valence-corrected chi connectivity index (χ2v) is 10.9. The Kier molecular flexibility index (Phi) is 8.24. The Bertz CT molecular complexity index is 1060. The molecule has 0 N–H and O–H groups in total. The van der Waals surface area contributed by atoms with Gasteiger partial charge >= 0.3 is 0 Å². The largest absolute Gasteiger partial charge is 0.496 e. The topological polar surface area (TPSA) is 76.1 Å². The highest BCUT2D eigenvalue weighted by molar-refractivity contribution is 7.89. The molecule has 2 aromatic carbocycles. The van der Waals surface area contributed by atoms with Crippen molar-refractivity contribution in [1.29, 1.82) is 0 Å². The minimum absolute atomic E-state index is 0.113. The van der Waals surface area contributed by atoms with Crippen LogP contribution in [0.4, 0.5) is 0 Å². The van der Waals surface area contributed by atoms with Crippen molar-refractivity contribution in [2.45, 2.75) is 37.0 Å². The third-order valence-corrected chi connectivity index (χ3v) is 8.70. The lowest BCUT2D eigenvalue weighted by molar-refractivity contribution is -0.132. The van der Waals surface area contributed by atoms with Gasteiger partial charge in [0.05, 0.1) is 25.2 Å². The van der Waals surface area contributed by atoms with Crippen LogP contribution in [0, 0.1) is 5.92 Å². The van der Waals surface area contributed by atoms with Gasteiger partial charge in [0.1, 0.15) is 5.75 Å². The van der Waals surface area contributed by atoms with Crippen molar-refractivity contribution in [2.24, 2.45) is 5.92 Å². The Morgan fingerprint density at radius 2 is 1.74 bits per heavy atom. The molecule has 0 aliphatic carbocycles. The van der Waals surface area contributed by atoms with Gasteiger partial charge in [-0.25, -0.2) is 8.42 Å². The molecule has 2 fully saturated rings. The number of aryl methyl sites for hydroxylation is 1. The standard InChI is InChI=1S/C26H34N2O5S/c1-32-25-9-8-24(34(30,31)28-15-17-33-18-16-28)20-23(25)7-10-26(29)27-13-11-22(12-14-27)19-21-5-3-2-4-6-21/h2-6,8-9,20,22H,7,10-19H2,1H3. The first kappa shape index (κ1) is 24.7. The molecular weight excluding hydrogens is 452 g/mol. The van der Waals surface area contributed by atoms with Crippen molar-refractivity contribution < 1.29 is 22.7 Å². The molecule has 1 amide bonds. The second-order valence-electron chi connectivity index (χ2n) is 9.00. The zero-order valence-electron chi connectivity index (χ0n) is 19.8. The quantitative estimate of drug-likeness (QED) is 0.573. The highest BCUT2D eigenvalue weighted by Gasteiger charge is 2.28. The lowest BCUT2D eigenvalue weighted by Gasteiger charge is -2.32. The summed E-state index contributed by atoms with van der Waals surface area (Å²) in [6, 6.07) is 15.4. The molecule has 184 valence electrons. The van der Waals surface area contributed by atoms with Crippen LogP contribution >= 0.6 is 0 Å². The molecular formula is C26H34N2O5S. The summed E-state index contributed by atoms with van der Waals surface area (Å²) in [7, 11) is -2.03. The zero-order chi connectivity index (χ0) is 24.0. The predicted octanol–water partition coefficient (Wildman–Crippen LogP) is 3.13. The van der Waals surface area contributed by atoms with Crippen molar-refractivity contribution in [3.63, 3.8) is 0 Å². The van der Waals surface area contributed by atoms with Crippen molar-refractivity contribution in [1.82, 2.24) is 9.21 Å². The number of methoxy groups -OCH3 is 1. The molecule has 0 atom stereocenters. The molecule has 0 unspecified atom stereocenters. The SMILES string of the molecule is COc1ccc(S(=O)(=O)N2CCOCC2)cc1CCC(=O)N1CCC(Cc2ccccc2)CC1. The lowest BCUT2D eigenvalue weighted by Crippen LogP contribution is -2.40. The van der Waals surface area contributed by atoms with E-state index in [4.69, 9.17) is 9.47 Å². The number of amides is 1. The summed E-state index contributed by atoms with van der Waals surface area (Å²) in [6.45, 7) is 3.06. The van der Waals surface area contributed by atoms with E-state index in [1.165, 1.54) is 9.87 Å². The third-order valence-electron chi connectivity index (χ3n) is 6.80. The summed E-state index contributed by atoms with van der Waals surface area (Å²) in [4.78, 5) is 15.1. The third kappa shape index (κ3) is 5.98. The van der Waals surface area contributed by atoms with E-state index >= 15 is 0 Å². The van der Waals surface area contributed by atoms with E-state index in [0.29, 0.717) is 50.8 Å². The molecule has 2 heterocycles. The van der Waals surface area contributed by atoms with Gasteiger partial charge in [0.2, 0.25) is 15.9 Å². The smallest absolute Gasteiger partial charge is 0.243 e. The van der Waals surface area contributed by atoms with Crippen molar-refractivity contribution in [2.75, 3.05) is 46.5 Å². The van der Waals surface area contributed by atoms with Gasteiger partial charge in [-0.2, -0.15) is 4.31 Å². The van der Waals surface area contributed by atoms with Gasteiger partial charge in [-0.05, 0) is 60.9 Å². The van der Waals surface area contributed by atoms with Gasteiger partial charge in [-0.15, -0.1) is 0 Å². The van der Waals surface area contributed by atoms with E-state index in [0.717, 1.165) is 37.9 Å². The van der Waals surface area contributed by atoms with Crippen molar-refractivity contribution in [3.05, 3.63) is 59.7 Å². The second kappa shape index (κ2) is 11.3. The van der Waals surface area contributed by atoms with Crippen molar-refractivity contribution >= 4 is 15.9 Å². The van der Waals surface area contributed by atoms with Crippen LogP contribution in [0.25, 0.3) is 0 Å². The average molecular weight is 487 g/mol. The maximum Gasteiger partial charge on any atom is 0.243 e. The summed E-state index contributed by atoms with van der Waals surface area (Å²) in [6.07, 6.45) is 3.86. The van der Waals surface area contributed by atoms with Crippen LogP contribution in [-0.2, 0) is 32.4 Å². The lowest BCUT2D eigenvalue weighted by atomic mass is 9.90. The summed E-state index contributed by atoms with van der Waals surface area (Å²) < 4.78 is 38.3. The van der Waals surface area contributed by atoms with Crippen LogP contribution < -0.4 is 4.74 Å². The number of ether oxygens (including phenoxy) is 2. The normalized spacial score (nSPS) is 18.1. The first-order valence-electron chi connectivity index (χ1n) is 12.0. The van der Waals surface area contributed by atoms with Gasteiger partial charge in [-0.3, -0.25) is 4.79 Å². The monoisotopic (exact) mass is 486 g/mol. The fraction of sp³-hybridized carbons (Fsp3) is 0.500. The minimum atomic E-state index is -3.60. The molecule has 0 radical (unpaired) electrons. The van der Waals surface area contributed by atoms with Crippen LogP contribution in [0.5, 0.6) is 5.75 Å². The van der Waals surface area contributed by atoms with E-state index in [1.54, 1.807) is 25.3 Å². The fourth-order valence-corrected chi connectivity index (χ4v) is 6.24. The Hall–Kier alpha value is -2.42. The average Bonchev–Trinajstić information content (AvgIpc) is 2.88. The number of sulfonamides is 1. The molecule has 0 aromatic heterocycles. The van der Waals surface area contributed by atoms with E-state index in [-0.39, 0.29) is 10.8 Å². The van der Waals surface area contributed by atoms with Crippen LogP contribution in [-0.4, -0.2) is 70.0 Å². The van der Waals surface area contributed by atoms with Crippen LogP contribution in [0.1, 0.15) is 30.4 Å². The number of carbonyl (C=O) groups excluding carboxylic acids is 1. The Morgan fingerprint density at radius 1 is 1.03 bits per heavy atom. The minimum Gasteiger partial charge on any atom is -0.496 e. The van der Waals surface area contributed by atoms with Crippen LogP contribution in [0.2, 0.25) is 0 Å². The molecule has 7 nitrogen and oxygen atoms in total. The number of rotatable bonds is 8. The molecule has 0 spiro atoms. The number of nitrogens with zero attached hydrogens (tertiary/aromatic N) is 2. The molecule has 2 aliphatic rings. The maximum atomic E-state index is 13.0. The van der Waals surface area contributed by atoms with Gasteiger partial charge in [0.15, 0.2) is 0 Å². The summed E-state index contributed by atoms with van der Waals surface area (Å²) in [5.41, 5.74) is 2.09. The van der Waals surface area contributed by atoms with Gasteiger partial charge in [0.25, 0.3) is 0 Å². The summed E-state index contributed by atoms with van der Waals surface area (Å²) in [5.74, 6) is 1.32. The predicted molar refractivity (Wildman–Crippen MR) is 130 cm³/mol. The van der Waals surface area contributed by atoms with E-state index in [2.05, 4.69) is 24.3 Å². The highest BCUT2D eigenvalue weighted by Crippen LogP contribution is 2.27. The van der Waals surface area contributed by atoms with E-state index < -0.39 is 10.0 Å². The number of carbonyl (C=O) groups is 1. The fourth-order valence-electron chi connectivity index (χ4n) is 4.78. The molecule has 2 aromatic rings. The molecule has 4 rings (SSSR count). The molecule has 34 heavy (non-hydrogen) atoms.